The summed E-state index contributed by atoms with van der Waals surface area (Å²) in [4.78, 5) is 46.7. The maximum Gasteiger partial charge on any atom is 0.407 e. The number of rotatable bonds is 10. The number of ether oxygens (including phenoxy) is 4. The van der Waals surface area contributed by atoms with E-state index in [1.807, 2.05) is 0 Å². The number of nitrogens with one attached hydrogen (secondary N) is 2. The topological polar surface area (TPSA) is 129 Å². The second kappa shape index (κ2) is 13.4. The first-order valence-corrected chi connectivity index (χ1v) is 11.1. The van der Waals surface area contributed by atoms with Crippen LogP contribution in [0.15, 0.2) is 24.3 Å². The summed E-state index contributed by atoms with van der Waals surface area (Å²) in [5, 5.41) is 4.99. The van der Waals surface area contributed by atoms with Gasteiger partial charge in [-0.25, -0.2) is 9.59 Å². The molecule has 0 unspecified atom stereocenters. The van der Waals surface area contributed by atoms with E-state index in [1.54, 1.807) is 65.8 Å². The minimum absolute atomic E-state index is 0.0239. The van der Waals surface area contributed by atoms with Gasteiger partial charge in [0, 0.05) is 13.1 Å². The molecule has 10 heteroatoms. The quantitative estimate of drug-likeness (QED) is 0.384. The van der Waals surface area contributed by atoms with E-state index < -0.39 is 35.3 Å². The van der Waals surface area contributed by atoms with Crippen molar-refractivity contribution in [2.24, 2.45) is 0 Å². The van der Waals surface area contributed by atoms with Gasteiger partial charge in [0.15, 0.2) is 0 Å². The first kappa shape index (κ1) is 28.7. The molecule has 0 radical (unpaired) electrons. The smallest absolute Gasteiger partial charge is 0.407 e. The lowest BCUT2D eigenvalue weighted by Crippen LogP contribution is -2.33. The summed E-state index contributed by atoms with van der Waals surface area (Å²) in [5.74, 6) is -0.900. The van der Waals surface area contributed by atoms with Crippen molar-refractivity contribution in [1.82, 2.24) is 10.6 Å². The third-order valence-corrected chi connectivity index (χ3v) is 3.82. The first-order chi connectivity index (χ1) is 15.7. The molecule has 0 aliphatic rings. The summed E-state index contributed by atoms with van der Waals surface area (Å²) in [6, 6.07) is 7.05. The summed E-state index contributed by atoms with van der Waals surface area (Å²) in [6.07, 6.45) is -1.13. The summed E-state index contributed by atoms with van der Waals surface area (Å²) >= 11 is 0. The zero-order valence-corrected chi connectivity index (χ0v) is 20.8. The Labute approximate surface area is 200 Å². The average Bonchev–Trinajstić information content (AvgIpc) is 2.68. The lowest BCUT2D eigenvalue weighted by molar-refractivity contribution is -0.145. The second-order valence-electron chi connectivity index (χ2n) is 9.50. The van der Waals surface area contributed by atoms with E-state index in [1.165, 1.54) is 0 Å². The molecule has 0 aliphatic heterocycles. The average molecular weight is 481 g/mol. The van der Waals surface area contributed by atoms with Gasteiger partial charge in [-0.3, -0.25) is 9.59 Å². The third kappa shape index (κ3) is 14.7. The molecule has 0 spiro atoms. The molecule has 1 aromatic rings. The minimum Gasteiger partial charge on any atom is -0.461 e. The fourth-order valence-electron chi connectivity index (χ4n) is 2.37. The Balaban J connectivity index is 2.24. The molecular weight excluding hydrogens is 444 g/mol. The van der Waals surface area contributed by atoms with Crippen LogP contribution < -0.4 is 10.6 Å². The molecule has 10 nitrogen and oxygen atoms in total. The lowest BCUT2D eigenvalue weighted by Gasteiger charge is -2.19. The zero-order valence-electron chi connectivity index (χ0n) is 20.8. The predicted molar refractivity (Wildman–Crippen MR) is 124 cm³/mol. The Bertz CT molecular complexity index is 754. The Kier molecular flexibility index (Phi) is 11.3. The van der Waals surface area contributed by atoms with Crippen LogP contribution in [0.5, 0.6) is 0 Å². The van der Waals surface area contributed by atoms with E-state index in [-0.39, 0.29) is 39.1 Å². The van der Waals surface area contributed by atoms with Gasteiger partial charge in [0.1, 0.15) is 24.4 Å². The first-order valence-electron chi connectivity index (χ1n) is 11.1. The molecule has 2 amide bonds. The van der Waals surface area contributed by atoms with Crippen LogP contribution in [0.4, 0.5) is 9.59 Å². The van der Waals surface area contributed by atoms with Gasteiger partial charge in [-0.05, 0) is 52.7 Å². The number of esters is 2. The van der Waals surface area contributed by atoms with Gasteiger partial charge < -0.3 is 29.6 Å². The van der Waals surface area contributed by atoms with E-state index >= 15 is 0 Å². The Morgan fingerprint density at radius 3 is 1.26 bits per heavy atom. The lowest BCUT2D eigenvalue weighted by atomic mass is 10.1. The van der Waals surface area contributed by atoms with Crippen molar-refractivity contribution in [3.05, 3.63) is 35.4 Å². The van der Waals surface area contributed by atoms with Crippen molar-refractivity contribution in [3.8, 4) is 0 Å². The predicted octanol–water partition coefficient (Wildman–Crippen LogP) is 3.60. The van der Waals surface area contributed by atoms with Crippen molar-refractivity contribution in [1.29, 1.82) is 0 Å². The van der Waals surface area contributed by atoms with Gasteiger partial charge in [0.25, 0.3) is 0 Å². The largest absolute Gasteiger partial charge is 0.461 e. The van der Waals surface area contributed by atoms with Crippen molar-refractivity contribution in [2.75, 3.05) is 13.1 Å². The van der Waals surface area contributed by atoms with E-state index in [9.17, 15) is 19.2 Å². The van der Waals surface area contributed by atoms with Crippen LogP contribution in [0.25, 0.3) is 0 Å². The Morgan fingerprint density at radius 1 is 0.647 bits per heavy atom. The number of carbonyl (C=O) groups is 4. The van der Waals surface area contributed by atoms with Gasteiger partial charge in [-0.15, -0.1) is 0 Å². The van der Waals surface area contributed by atoms with Crippen LogP contribution in [0.1, 0.15) is 65.5 Å². The van der Waals surface area contributed by atoms with Gasteiger partial charge in [-0.1, -0.05) is 24.3 Å². The Hall–Kier alpha value is -3.30. The van der Waals surface area contributed by atoms with Crippen LogP contribution in [0.3, 0.4) is 0 Å². The number of benzene rings is 1. The van der Waals surface area contributed by atoms with Crippen LogP contribution in [0.2, 0.25) is 0 Å². The van der Waals surface area contributed by atoms with Crippen molar-refractivity contribution >= 4 is 24.1 Å². The van der Waals surface area contributed by atoms with Crippen LogP contribution in [-0.2, 0) is 41.8 Å². The SMILES string of the molecule is CC(C)(C)OC(=O)NCCC(=O)OCc1ccc(COC(=O)CCNC(=O)OC(C)(C)C)cc1. The number of hydrogen-bond acceptors (Lipinski definition) is 8. The molecule has 0 saturated heterocycles. The molecule has 0 fully saturated rings. The fraction of sp³-hybridized carbons (Fsp3) is 0.583. The minimum atomic E-state index is -0.603. The normalized spacial score (nSPS) is 11.2. The van der Waals surface area contributed by atoms with E-state index in [2.05, 4.69) is 10.6 Å². The summed E-state index contributed by atoms with van der Waals surface area (Å²) in [6.45, 7) is 10.9. The molecule has 0 atom stereocenters. The van der Waals surface area contributed by atoms with Crippen LogP contribution >= 0.6 is 0 Å². The molecule has 0 aromatic heterocycles. The Morgan fingerprint density at radius 2 is 0.971 bits per heavy atom. The second-order valence-corrected chi connectivity index (χ2v) is 9.50. The number of hydrogen-bond donors (Lipinski definition) is 2. The molecule has 2 N–H and O–H groups in total. The highest BCUT2D eigenvalue weighted by Gasteiger charge is 2.17. The monoisotopic (exact) mass is 480 g/mol. The fourth-order valence-corrected chi connectivity index (χ4v) is 2.37. The van der Waals surface area contributed by atoms with Gasteiger partial charge in [0.05, 0.1) is 12.8 Å². The highest BCUT2D eigenvalue weighted by Crippen LogP contribution is 2.09. The highest BCUT2D eigenvalue weighted by molar-refractivity contribution is 5.72. The maximum atomic E-state index is 11.8. The third-order valence-electron chi connectivity index (χ3n) is 3.82. The van der Waals surface area contributed by atoms with Crippen LogP contribution in [0, 0.1) is 0 Å². The summed E-state index contributed by atoms with van der Waals surface area (Å²) < 4.78 is 20.5. The summed E-state index contributed by atoms with van der Waals surface area (Å²) in [5.41, 5.74) is 0.331. The van der Waals surface area contributed by atoms with E-state index in [0.717, 1.165) is 11.1 Å². The maximum absolute atomic E-state index is 11.8. The van der Waals surface area contributed by atoms with Crippen molar-refractivity contribution < 1.29 is 38.1 Å². The van der Waals surface area contributed by atoms with Gasteiger partial charge in [-0.2, -0.15) is 0 Å². The molecule has 1 rings (SSSR count). The van der Waals surface area contributed by atoms with Crippen molar-refractivity contribution in [3.63, 3.8) is 0 Å². The van der Waals surface area contributed by atoms with Crippen molar-refractivity contribution in [2.45, 2.75) is 78.8 Å². The zero-order chi connectivity index (χ0) is 25.8. The molecule has 0 heterocycles. The summed E-state index contributed by atoms with van der Waals surface area (Å²) in [7, 11) is 0. The van der Waals surface area contributed by atoms with E-state index in [4.69, 9.17) is 18.9 Å². The molecule has 190 valence electrons. The molecule has 0 bridgehead atoms. The molecule has 1 aromatic carbocycles. The van der Waals surface area contributed by atoms with Crippen LogP contribution in [-0.4, -0.2) is 48.4 Å². The standard InChI is InChI=1S/C24H36N2O8/c1-23(2,3)33-21(29)25-13-11-19(27)31-15-17-7-9-18(10-8-17)16-32-20(28)12-14-26-22(30)34-24(4,5)6/h7-10H,11-16H2,1-6H3,(H,25,29)(H,26,30). The highest BCUT2D eigenvalue weighted by atomic mass is 16.6. The number of carbonyl (C=O) groups excluding carboxylic acids is 4. The molecule has 0 aliphatic carbocycles. The number of alkyl carbamates (subject to hydrolysis) is 2. The molecular formula is C24H36N2O8. The van der Waals surface area contributed by atoms with Gasteiger partial charge in [0.2, 0.25) is 0 Å². The van der Waals surface area contributed by atoms with Gasteiger partial charge >= 0.3 is 24.1 Å². The molecule has 34 heavy (non-hydrogen) atoms. The molecule has 0 saturated carbocycles. The van der Waals surface area contributed by atoms with E-state index in [0.29, 0.717) is 0 Å². The number of amides is 2.